The Balaban J connectivity index is 1.33. The van der Waals surface area contributed by atoms with Gasteiger partial charge in [0.1, 0.15) is 6.10 Å². The summed E-state index contributed by atoms with van der Waals surface area (Å²) in [6.45, 7) is 0.292. The van der Waals surface area contributed by atoms with E-state index in [-0.39, 0.29) is 41.4 Å². The second kappa shape index (κ2) is 7.23. The Morgan fingerprint density at radius 1 is 1.16 bits per heavy atom. The van der Waals surface area contributed by atoms with E-state index in [0.717, 1.165) is 5.56 Å². The van der Waals surface area contributed by atoms with Crippen molar-refractivity contribution >= 4 is 23.4 Å². The third-order valence-electron chi connectivity index (χ3n) is 7.22. The number of ether oxygens (including phenoxy) is 2. The lowest BCUT2D eigenvalue weighted by Crippen LogP contribution is -2.46. The summed E-state index contributed by atoms with van der Waals surface area (Å²) in [5.74, 6) is 4.29. The van der Waals surface area contributed by atoms with Gasteiger partial charge in [-0.1, -0.05) is 11.2 Å². The summed E-state index contributed by atoms with van der Waals surface area (Å²) in [6, 6.07) is 5.54. The monoisotopic (exact) mass is 428 g/mol. The van der Waals surface area contributed by atoms with Crippen molar-refractivity contribution in [1.82, 2.24) is 10.3 Å². The Labute approximate surface area is 178 Å². The number of imide groups is 1. The zero-order chi connectivity index (χ0) is 21.9. The number of amides is 3. The average molecular weight is 428 g/mol. The van der Waals surface area contributed by atoms with Gasteiger partial charge < -0.3 is 14.3 Å². The molecule has 1 aromatic rings. The molecule has 0 spiro atoms. The molecule has 0 radical (unpaired) electrons. The van der Waals surface area contributed by atoms with Crippen molar-refractivity contribution < 1.29 is 28.7 Å². The van der Waals surface area contributed by atoms with Crippen molar-refractivity contribution in [3.8, 4) is 11.5 Å². The number of hydrogen-bond donors (Lipinski definition) is 2. The van der Waals surface area contributed by atoms with Crippen molar-refractivity contribution in [3.05, 3.63) is 23.8 Å². The fraction of sp³-hybridized carbons (Fsp3) is 0.524. The van der Waals surface area contributed by atoms with Crippen LogP contribution in [-0.2, 0) is 25.6 Å². The Morgan fingerprint density at radius 2 is 1.87 bits per heavy atom. The maximum Gasteiger partial charge on any atom is 0.283 e. The highest BCUT2D eigenvalue weighted by molar-refractivity contribution is 6.40. The second-order valence-corrected chi connectivity index (χ2v) is 8.43. The van der Waals surface area contributed by atoms with Crippen LogP contribution in [0, 0.1) is 29.6 Å². The fourth-order valence-electron chi connectivity index (χ4n) is 5.95. The lowest BCUT2D eigenvalue weighted by molar-refractivity contribution is -0.141. The molecule has 6 atom stereocenters. The molecule has 5 rings (SSSR count). The van der Waals surface area contributed by atoms with E-state index in [1.165, 1.54) is 4.90 Å². The maximum absolute atomic E-state index is 13.2. The topological polar surface area (TPSA) is 133 Å². The van der Waals surface area contributed by atoms with Crippen LogP contribution in [0.3, 0.4) is 0 Å². The van der Waals surface area contributed by atoms with Crippen LogP contribution in [0.15, 0.2) is 23.4 Å². The molecule has 4 aliphatic rings. The van der Waals surface area contributed by atoms with E-state index in [1.54, 1.807) is 20.3 Å². The molecule has 31 heavy (non-hydrogen) atoms. The molecule has 164 valence electrons. The number of benzene rings is 1. The van der Waals surface area contributed by atoms with Gasteiger partial charge in [-0.05, 0) is 36.5 Å². The Morgan fingerprint density at radius 3 is 2.55 bits per heavy atom. The van der Waals surface area contributed by atoms with Crippen LogP contribution in [0.5, 0.6) is 11.5 Å². The lowest BCUT2D eigenvalue weighted by Gasteiger charge is -2.29. The van der Waals surface area contributed by atoms with E-state index < -0.39 is 17.7 Å². The van der Waals surface area contributed by atoms with Gasteiger partial charge >= 0.3 is 0 Å². The first kappa shape index (κ1) is 19.8. The number of likely N-dealkylation sites (tertiary alicyclic amines) is 1. The van der Waals surface area contributed by atoms with Crippen LogP contribution >= 0.6 is 0 Å². The smallest absolute Gasteiger partial charge is 0.283 e. The third kappa shape index (κ3) is 2.74. The standard InChI is InChI=1S/C21H24N4O6/c1-29-12-4-3-9(7-13(12)30-2)5-6-25-20(27)14-10-8-11(15(14)21(25)28)18-16(10)17(24-31-18)19(26)23-22/h3-4,7,10-11,14-16,18H,5-6,8,22H2,1-2H3,(H,23,26)/t10-,11-,14+,15-,16-,18-/m1/s1. The van der Waals surface area contributed by atoms with Crippen LogP contribution in [0.2, 0.25) is 0 Å². The minimum Gasteiger partial charge on any atom is -0.493 e. The molecule has 3 N–H and O–H groups in total. The van der Waals surface area contributed by atoms with Crippen LogP contribution in [-0.4, -0.2) is 55.2 Å². The molecular formula is C21H24N4O6. The number of carbonyl (C=O) groups is 3. The number of hydrazine groups is 1. The van der Waals surface area contributed by atoms with Crippen LogP contribution in [0.4, 0.5) is 0 Å². The SMILES string of the molecule is COc1ccc(CCN2C(=O)[C@@H]3[C@H]4C[C@@H]([C@@H]5C(C(=O)NN)=NO[C@H]45)[C@@H]3C2=O)cc1OC. The molecule has 2 aliphatic carbocycles. The van der Waals surface area contributed by atoms with Gasteiger partial charge in [0.05, 0.1) is 32.0 Å². The highest BCUT2D eigenvalue weighted by Crippen LogP contribution is 2.61. The summed E-state index contributed by atoms with van der Waals surface area (Å²) in [7, 11) is 3.13. The molecule has 2 heterocycles. The van der Waals surface area contributed by atoms with Crippen molar-refractivity contribution in [2.24, 2.45) is 40.6 Å². The van der Waals surface area contributed by atoms with Gasteiger partial charge in [0.25, 0.3) is 5.91 Å². The number of methoxy groups -OCH3 is 2. The molecule has 10 heteroatoms. The van der Waals surface area contributed by atoms with Crippen LogP contribution in [0.1, 0.15) is 12.0 Å². The van der Waals surface area contributed by atoms with Gasteiger partial charge in [-0.2, -0.15) is 0 Å². The zero-order valence-electron chi connectivity index (χ0n) is 17.2. The Bertz CT molecular complexity index is 994. The predicted octanol–water partition coefficient (Wildman–Crippen LogP) is -0.142. The molecular weight excluding hydrogens is 404 g/mol. The largest absolute Gasteiger partial charge is 0.493 e. The van der Waals surface area contributed by atoms with E-state index in [0.29, 0.717) is 30.9 Å². The van der Waals surface area contributed by atoms with Crippen molar-refractivity contribution in [2.45, 2.75) is 18.9 Å². The van der Waals surface area contributed by atoms with Gasteiger partial charge in [0, 0.05) is 12.5 Å². The van der Waals surface area contributed by atoms with Gasteiger partial charge in [-0.25, -0.2) is 5.84 Å². The summed E-state index contributed by atoms with van der Waals surface area (Å²) in [6.07, 6.45) is 0.849. The molecule has 1 aromatic carbocycles. The summed E-state index contributed by atoms with van der Waals surface area (Å²) < 4.78 is 10.6. The maximum atomic E-state index is 13.2. The highest BCUT2D eigenvalue weighted by atomic mass is 16.6. The first-order chi connectivity index (χ1) is 15.0. The van der Waals surface area contributed by atoms with Crippen molar-refractivity contribution in [3.63, 3.8) is 0 Å². The number of carbonyl (C=O) groups excluding carboxylic acids is 3. The Kier molecular flexibility index (Phi) is 4.62. The minimum absolute atomic E-state index is 0.116. The number of hydrogen-bond acceptors (Lipinski definition) is 8. The second-order valence-electron chi connectivity index (χ2n) is 8.43. The van der Waals surface area contributed by atoms with Gasteiger partial charge in [0.2, 0.25) is 11.8 Å². The van der Waals surface area contributed by atoms with Crippen LogP contribution in [0.25, 0.3) is 0 Å². The molecule has 0 aromatic heterocycles. The summed E-state index contributed by atoms with van der Waals surface area (Å²) in [4.78, 5) is 45.3. The quantitative estimate of drug-likeness (QED) is 0.279. The number of nitrogens with two attached hydrogens (primary N) is 1. The number of rotatable bonds is 6. The molecule has 2 aliphatic heterocycles. The van der Waals surface area contributed by atoms with Crippen molar-refractivity contribution in [2.75, 3.05) is 20.8 Å². The zero-order valence-corrected chi connectivity index (χ0v) is 17.2. The summed E-state index contributed by atoms with van der Waals surface area (Å²) >= 11 is 0. The van der Waals surface area contributed by atoms with Gasteiger partial charge in [-0.15, -0.1) is 0 Å². The van der Waals surface area contributed by atoms with E-state index >= 15 is 0 Å². The minimum atomic E-state index is -0.501. The first-order valence-corrected chi connectivity index (χ1v) is 10.3. The van der Waals surface area contributed by atoms with Gasteiger partial charge in [-0.3, -0.25) is 24.7 Å². The van der Waals surface area contributed by atoms with Gasteiger partial charge in [0.15, 0.2) is 17.2 Å². The van der Waals surface area contributed by atoms with Crippen LogP contribution < -0.4 is 20.7 Å². The summed E-state index contributed by atoms with van der Waals surface area (Å²) in [5.41, 5.74) is 3.25. The van der Waals surface area contributed by atoms with E-state index in [4.69, 9.17) is 20.2 Å². The third-order valence-corrected chi connectivity index (χ3v) is 7.22. The van der Waals surface area contributed by atoms with E-state index in [9.17, 15) is 14.4 Å². The molecule has 2 saturated carbocycles. The number of oxime groups is 1. The molecule has 3 fully saturated rings. The number of nitrogens with one attached hydrogen (secondary N) is 1. The molecule has 0 unspecified atom stereocenters. The molecule has 2 bridgehead atoms. The lowest BCUT2D eigenvalue weighted by atomic mass is 9.72. The fourth-order valence-corrected chi connectivity index (χ4v) is 5.95. The normalized spacial score (nSPS) is 32.5. The molecule has 1 saturated heterocycles. The summed E-state index contributed by atoms with van der Waals surface area (Å²) in [5, 5.41) is 3.90. The van der Waals surface area contributed by atoms with E-state index in [2.05, 4.69) is 10.6 Å². The Hall–Kier alpha value is -3.14. The first-order valence-electron chi connectivity index (χ1n) is 10.3. The number of nitrogens with zero attached hydrogens (tertiary/aromatic N) is 2. The van der Waals surface area contributed by atoms with E-state index in [1.807, 2.05) is 12.1 Å². The predicted molar refractivity (Wildman–Crippen MR) is 107 cm³/mol. The molecule has 3 amide bonds. The average Bonchev–Trinajstić information content (AvgIpc) is 3.52. The number of fused-ring (bicyclic) bond motifs is 8. The molecule has 10 nitrogen and oxygen atoms in total. The highest BCUT2D eigenvalue weighted by Gasteiger charge is 2.70. The van der Waals surface area contributed by atoms with Crippen molar-refractivity contribution in [1.29, 1.82) is 0 Å².